The van der Waals surface area contributed by atoms with Gasteiger partial charge >= 0.3 is 0 Å². The molecule has 1 aromatic rings. The van der Waals surface area contributed by atoms with E-state index in [1.165, 1.54) is 0 Å². The van der Waals surface area contributed by atoms with E-state index in [4.69, 9.17) is 4.42 Å². The largest absolute Gasteiger partial charge is 0.467 e. The first-order chi connectivity index (χ1) is 7.33. The second kappa shape index (κ2) is 4.34. The SMILES string of the molecule is C=CCN1C(=O)CCCC1c1ccco1. The molecule has 1 aliphatic rings. The molecule has 0 aliphatic carbocycles. The van der Waals surface area contributed by atoms with Gasteiger partial charge in [0.05, 0.1) is 12.3 Å². The Hall–Kier alpha value is -1.51. The minimum Gasteiger partial charge on any atom is -0.467 e. The fraction of sp³-hybridized carbons (Fsp3) is 0.417. The Morgan fingerprint density at radius 3 is 3.20 bits per heavy atom. The molecule has 1 atom stereocenters. The number of hydrogen-bond acceptors (Lipinski definition) is 2. The van der Waals surface area contributed by atoms with E-state index in [1.807, 2.05) is 17.0 Å². The third kappa shape index (κ3) is 1.96. The number of piperidine rings is 1. The van der Waals surface area contributed by atoms with E-state index in [0.29, 0.717) is 13.0 Å². The highest BCUT2D eigenvalue weighted by Gasteiger charge is 2.29. The Morgan fingerprint density at radius 2 is 2.53 bits per heavy atom. The Balaban J connectivity index is 2.20. The molecular weight excluding hydrogens is 190 g/mol. The molecule has 0 saturated carbocycles. The van der Waals surface area contributed by atoms with Gasteiger partial charge in [0.1, 0.15) is 5.76 Å². The van der Waals surface area contributed by atoms with Crippen molar-refractivity contribution in [2.45, 2.75) is 25.3 Å². The molecular formula is C12H15NO2. The van der Waals surface area contributed by atoms with Crippen LogP contribution in [0.3, 0.4) is 0 Å². The van der Waals surface area contributed by atoms with Crippen molar-refractivity contribution >= 4 is 5.91 Å². The second-order valence-corrected chi connectivity index (χ2v) is 3.76. The molecule has 3 heteroatoms. The van der Waals surface area contributed by atoms with Crippen LogP contribution in [0.4, 0.5) is 0 Å². The summed E-state index contributed by atoms with van der Waals surface area (Å²) in [6.45, 7) is 4.28. The summed E-state index contributed by atoms with van der Waals surface area (Å²) in [4.78, 5) is 13.6. The molecule has 0 radical (unpaired) electrons. The monoisotopic (exact) mass is 205 g/mol. The van der Waals surface area contributed by atoms with Gasteiger partial charge in [-0.3, -0.25) is 4.79 Å². The molecule has 15 heavy (non-hydrogen) atoms. The molecule has 0 bridgehead atoms. The van der Waals surface area contributed by atoms with Gasteiger partial charge in [0, 0.05) is 13.0 Å². The summed E-state index contributed by atoms with van der Waals surface area (Å²) in [5.74, 6) is 1.08. The molecule has 1 aromatic heterocycles. The summed E-state index contributed by atoms with van der Waals surface area (Å²) in [7, 11) is 0. The zero-order chi connectivity index (χ0) is 10.7. The maximum atomic E-state index is 11.7. The van der Waals surface area contributed by atoms with Crippen molar-refractivity contribution in [2.75, 3.05) is 6.54 Å². The maximum absolute atomic E-state index is 11.7. The summed E-state index contributed by atoms with van der Waals surface area (Å²) in [6, 6.07) is 3.89. The van der Waals surface area contributed by atoms with Gasteiger partial charge in [0.15, 0.2) is 0 Å². The van der Waals surface area contributed by atoms with Crippen LogP contribution in [-0.4, -0.2) is 17.4 Å². The van der Waals surface area contributed by atoms with Crippen LogP contribution < -0.4 is 0 Å². The molecule has 2 rings (SSSR count). The second-order valence-electron chi connectivity index (χ2n) is 3.76. The number of furan rings is 1. The topological polar surface area (TPSA) is 33.5 Å². The van der Waals surface area contributed by atoms with Crippen LogP contribution in [0, 0.1) is 0 Å². The maximum Gasteiger partial charge on any atom is 0.223 e. The van der Waals surface area contributed by atoms with Crippen molar-refractivity contribution in [3.05, 3.63) is 36.8 Å². The minimum atomic E-state index is 0.0965. The molecule has 1 amide bonds. The van der Waals surface area contributed by atoms with Crippen LogP contribution in [-0.2, 0) is 4.79 Å². The summed E-state index contributed by atoms with van der Waals surface area (Å²) in [5.41, 5.74) is 0. The van der Waals surface area contributed by atoms with E-state index in [-0.39, 0.29) is 11.9 Å². The first kappa shape index (κ1) is 10.0. The average Bonchev–Trinajstić information content (AvgIpc) is 2.74. The number of hydrogen-bond donors (Lipinski definition) is 0. The van der Waals surface area contributed by atoms with E-state index < -0.39 is 0 Å². The number of rotatable bonds is 3. The quantitative estimate of drug-likeness (QED) is 0.710. The normalized spacial score (nSPS) is 21.7. The molecule has 1 fully saturated rings. The molecule has 2 heterocycles. The summed E-state index contributed by atoms with van der Waals surface area (Å²) < 4.78 is 5.37. The van der Waals surface area contributed by atoms with Gasteiger partial charge in [-0.15, -0.1) is 6.58 Å². The number of nitrogens with zero attached hydrogens (tertiary/aromatic N) is 1. The van der Waals surface area contributed by atoms with Gasteiger partial charge < -0.3 is 9.32 Å². The molecule has 1 unspecified atom stereocenters. The van der Waals surface area contributed by atoms with Gasteiger partial charge in [0.2, 0.25) is 5.91 Å². The van der Waals surface area contributed by atoms with Crippen LogP contribution in [0.25, 0.3) is 0 Å². The van der Waals surface area contributed by atoms with Crippen LogP contribution in [0.15, 0.2) is 35.5 Å². The molecule has 0 spiro atoms. The number of likely N-dealkylation sites (tertiary alicyclic amines) is 1. The zero-order valence-corrected chi connectivity index (χ0v) is 8.69. The Bertz CT molecular complexity index is 343. The van der Waals surface area contributed by atoms with Gasteiger partial charge in [-0.2, -0.15) is 0 Å². The number of carbonyl (C=O) groups excluding carboxylic acids is 1. The van der Waals surface area contributed by atoms with Crippen molar-refractivity contribution < 1.29 is 9.21 Å². The molecule has 0 N–H and O–H groups in total. The summed E-state index contributed by atoms with van der Waals surface area (Å²) >= 11 is 0. The molecule has 3 nitrogen and oxygen atoms in total. The van der Waals surface area contributed by atoms with Gasteiger partial charge in [-0.25, -0.2) is 0 Å². The highest BCUT2D eigenvalue weighted by molar-refractivity contribution is 5.77. The van der Waals surface area contributed by atoms with Gasteiger partial charge in [0.25, 0.3) is 0 Å². The third-order valence-corrected chi connectivity index (χ3v) is 2.76. The van der Waals surface area contributed by atoms with Crippen molar-refractivity contribution in [3.63, 3.8) is 0 Å². The van der Waals surface area contributed by atoms with E-state index in [1.54, 1.807) is 12.3 Å². The van der Waals surface area contributed by atoms with Crippen LogP contribution in [0.1, 0.15) is 31.1 Å². The van der Waals surface area contributed by atoms with Gasteiger partial charge in [-0.05, 0) is 25.0 Å². The minimum absolute atomic E-state index is 0.0965. The first-order valence-corrected chi connectivity index (χ1v) is 5.26. The standard InChI is InChI=1S/C12H15NO2/c1-2-8-13-10(5-3-7-12(13)14)11-6-4-9-15-11/h2,4,6,9-10H,1,3,5,7-8H2. The third-order valence-electron chi connectivity index (χ3n) is 2.76. The Morgan fingerprint density at radius 1 is 1.67 bits per heavy atom. The van der Waals surface area contributed by atoms with Crippen LogP contribution in [0.2, 0.25) is 0 Å². The predicted octanol–water partition coefficient (Wildman–Crippen LogP) is 2.52. The number of carbonyl (C=O) groups is 1. The van der Waals surface area contributed by atoms with E-state index in [0.717, 1.165) is 18.6 Å². The fourth-order valence-corrected chi connectivity index (χ4v) is 2.06. The molecule has 80 valence electrons. The molecule has 0 aromatic carbocycles. The van der Waals surface area contributed by atoms with E-state index in [2.05, 4.69) is 6.58 Å². The van der Waals surface area contributed by atoms with Crippen LogP contribution in [0.5, 0.6) is 0 Å². The lowest BCUT2D eigenvalue weighted by Crippen LogP contribution is -2.38. The lowest BCUT2D eigenvalue weighted by molar-refractivity contribution is -0.136. The van der Waals surface area contributed by atoms with Crippen molar-refractivity contribution in [1.29, 1.82) is 0 Å². The average molecular weight is 205 g/mol. The van der Waals surface area contributed by atoms with Gasteiger partial charge in [-0.1, -0.05) is 6.08 Å². The Labute approximate surface area is 89.4 Å². The van der Waals surface area contributed by atoms with E-state index >= 15 is 0 Å². The lowest BCUT2D eigenvalue weighted by Gasteiger charge is -2.33. The van der Waals surface area contributed by atoms with Crippen molar-refractivity contribution in [3.8, 4) is 0 Å². The number of amides is 1. The smallest absolute Gasteiger partial charge is 0.223 e. The van der Waals surface area contributed by atoms with Crippen molar-refractivity contribution in [1.82, 2.24) is 4.90 Å². The summed E-state index contributed by atoms with van der Waals surface area (Å²) in [5, 5.41) is 0. The Kier molecular flexibility index (Phi) is 2.90. The molecule has 1 saturated heterocycles. The fourth-order valence-electron chi connectivity index (χ4n) is 2.06. The lowest BCUT2D eigenvalue weighted by atomic mass is 9.99. The summed E-state index contributed by atoms with van der Waals surface area (Å²) in [6.07, 6.45) is 5.98. The van der Waals surface area contributed by atoms with Crippen molar-refractivity contribution in [2.24, 2.45) is 0 Å². The van der Waals surface area contributed by atoms with E-state index in [9.17, 15) is 4.79 Å². The highest BCUT2D eigenvalue weighted by Crippen LogP contribution is 2.31. The first-order valence-electron chi connectivity index (χ1n) is 5.26. The molecule has 1 aliphatic heterocycles. The van der Waals surface area contributed by atoms with Crippen LogP contribution >= 0.6 is 0 Å². The highest BCUT2D eigenvalue weighted by atomic mass is 16.3. The zero-order valence-electron chi connectivity index (χ0n) is 8.69. The predicted molar refractivity (Wildman–Crippen MR) is 57.2 cm³/mol.